The van der Waals surface area contributed by atoms with Crippen LogP contribution in [0.2, 0.25) is 0 Å². The van der Waals surface area contributed by atoms with Crippen LogP contribution >= 0.6 is 11.8 Å². The zero-order valence-electron chi connectivity index (χ0n) is 18.0. The van der Waals surface area contributed by atoms with Crippen LogP contribution in [0, 0.1) is 5.82 Å². The molecule has 1 unspecified atom stereocenters. The summed E-state index contributed by atoms with van der Waals surface area (Å²) in [7, 11) is 0. The number of fused-ring (bicyclic) bond motifs is 3. The van der Waals surface area contributed by atoms with Crippen molar-refractivity contribution in [1.82, 2.24) is 9.88 Å². The van der Waals surface area contributed by atoms with Gasteiger partial charge >= 0.3 is 18.1 Å². The van der Waals surface area contributed by atoms with Gasteiger partial charge < -0.3 is 14.6 Å². The van der Waals surface area contributed by atoms with Gasteiger partial charge in [-0.2, -0.15) is 13.2 Å². The Kier molecular flexibility index (Phi) is 6.58. The van der Waals surface area contributed by atoms with Crippen LogP contribution in [0.1, 0.15) is 28.2 Å². The number of carbonyl (C=O) groups excluding carboxylic acids is 2. The van der Waals surface area contributed by atoms with Crippen molar-refractivity contribution in [3.05, 3.63) is 63.6 Å². The lowest BCUT2D eigenvalue weighted by molar-refractivity contribution is -0.173. The molecule has 12 heteroatoms. The van der Waals surface area contributed by atoms with Crippen LogP contribution in [0.15, 0.2) is 46.2 Å². The minimum atomic E-state index is -5.00. The Morgan fingerprint density at radius 3 is 2.46 bits per heavy atom. The Morgan fingerprint density at radius 2 is 1.86 bits per heavy atom. The highest BCUT2D eigenvalue weighted by Gasteiger charge is 2.38. The maximum Gasteiger partial charge on any atom is 0.471 e. The molecule has 0 spiro atoms. The van der Waals surface area contributed by atoms with Gasteiger partial charge in [-0.15, -0.1) is 0 Å². The molecule has 0 saturated heterocycles. The molecular weight excluding hydrogens is 495 g/mol. The van der Waals surface area contributed by atoms with Gasteiger partial charge in [0.2, 0.25) is 5.43 Å². The van der Waals surface area contributed by atoms with E-state index in [0.717, 1.165) is 17.8 Å². The SMILES string of the molecule is CCOC(=O)c1c2n(c3cc(-c4ccc(CNC(=O)C(F)(F)F)cc4)c(F)cc3c1=O)C(CF)S2. The first-order valence-corrected chi connectivity index (χ1v) is 11.2. The molecule has 0 saturated carbocycles. The largest absolute Gasteiger partial charge is 0.471 e. The second-order valence-corrected chi connectivity index (χ2v) is 8.72. The van der Waals surface area contributed by atoms with Gasteiger partial charge in [-0.25, -0.2) is 13.6 Å². The number of ether oxygens (including phenoxy) is 1. The van der Waals surface area contributed by atoms with E-state index in [1.54, 1.807) is 12.2 Å². The van der Waals surface area contributed by atoms with E-state index in [1.165, 1.54) is 34.9 Å². The van der Waals surface area contributed by atoms with E-state index in [0.29, 0.717) is 11.1 Å². The fourth-order valence-corrected chi connectivity index (χ4v) is 4.85. The highest BCUT2D eigenvalue weighted by Crippen LogP contribution is 2.47. The first kappa shape index (κ1) is 24.7. The van der Waals surface area contributed by atoms with Crippen LogP contribution in [-0.2, 0) is 16.1 Å². The summed E-state index contributed by atoms with van der Waals surface area (Å²) in [5, 5.41) is 1.16. The fraction of sp³-hybridized carbons (Fsp3) is 0.261. The standard InChI is InChI=1S/C23H17F5N2O4S/c1-2-34-21(32)18-19(31)14-7-15(25)13(8-16(14)30-17(9-24)35-20(18)30)12-5-3-11(4-6-12)10-29-22(33)23(26,27)28/h3-8,17H,2,9-10H2,1H3,(H,29,33). The highest BCUT2D eigenvalue weighted by atomic mass is 32.2. The second kappa shape index (κ2) is 9.33. The number of nitrogens with one attached hydrogen (secondary N) is 1. The molecule has 1 atom stereocenters. The van der Waals surface area contributed by atoms with Gasteiger partial charge in [0.25, 0.3) is 0 Å². The first-order chi connectivity index (χ1) is 16.6. The zero-order chi connectivity index (χ0) is 25.5. The van der Waals surface area contributed by atoms with Crippen molar-refractivity contribution in [1.29, 1.82) is 0 Å². The summed E-state index contributed by atoms with van der Waals surface area (Å²) < 4.78 is 72.0. The molecule has 2 heterocycles. The molecule has 4 rings (SSSR count). The Hall–Kier alpha value is -3.41. The fourth-order valence-electron chi connectivity index (χ4n) is 3.73. The van der Waals surface area contributed by atoms with Gasteiger partial charge in [-0.05, 0) is 30.2 Å². The first-order valence-electron chi connectivity index (χ1n) is 10.3. The average Bonchev–Trinajstić information content (AvgIpc) is 2.79. The summed E-state index contributed by atoms with van der Waals surface area (Å²) in [5.41, 5.74) is -0.00780. The van der Waals surface area contributed by atoms with Crippen molar-refractivity contribution in [3.8, 4) is 11.1 Å². The molecule has 184 valence electrons. The summed E-state index contributed by atoms with van der Waals surface area (Å²) in [6.45, 7) is 0.425. The summed E-state index contributed by atoms with van der Waals surface area (Å²) in [6, 6.07) is 8.08. The molecule has 1 aliphatic rings. The van der Waals surface area contributed by atoms with E-state index in [2.05, 4.69) is 0 Å². The zero-order valence-corrected chi connectivity index (χ0v) is 18.9. The molecule has 0 bridgehead atoms. The number of aromatic nitrogens is 1. The van der Waals surface area contributed by atoms with E-state index in [-0.39, 0.29) is 40.2 Å². The number of carbonyl (C=O) groups is 2. The number of halogens is 5. The molecule has 0 fully saturated rings. The van der Waals surface area contributed by atoms with Gasteiger partial charge in [0.15, 0.2) is 0 Å². The number of hydrogen-bond acceptors (Lipinski definition) is 5. The van der Waals surface area contributed by atoms with Gasteiger partial charge in [-0.3, -0.25) is 9.59 Å². The summed E-state index contributed by atoms with van der Waals surface area (Å²) in [6.07, 6.45) is -5.00. The predicted molar refractivity (Wildman–Crippen MR) is 118 cm³/mol. The lowest BCUT2D eigenvalue weighted by Crippen LogP contribution is -2.36. The number of hydrogen-bond donors (Lipinski definition) is 1. The Labute approximate surface area is 199 Å². The lowest BCUT2D eigenvalue weighted by atomic mass is 10.00. The summed E-state index contributed by atoms with van der Waals surface area (Å²) >= 11 is 1.01. The number of thioether (sulfide) groups is 1. The van der Waals surface area contributed by atoms with Crippen molar-refractivity contribution in [2.75, 3.05) is 13.3 Å². The van der Waals surface area contributed by atoms with Gasteiger partial charge in [0, 0.05) is 17.5 Å². The van der Waals surface area contributed by atoms with Crippen LogP contribution in [0.4, 0.5) is 22.0 Å². The number of rotatable bonds is 6. The third kappa shape index (κ3) is 4.49. The molecule has 0 aliphatic carbocycles. The Balaban J connectivity index is 1.74. The van der Waals surface area contributed by atoms with E-state index in [4.69, 9.17) is 4.74 Å². The minimum absolute atomic E-state index is 0.0239. The molecule has 1 amide bonds. The lowest BCUT2D eigenvalue weighted by Gasteiger charge is -2.33. The number of amides is 1. The van der Waals surface area contributed by atoms with E-state index in [9.17, 15) is 31.9 Å². The van der Waals surface area contributed by atoms with E-state index >= 15 is 4.39 Å². The molecule has 3 aromatic rings. The highest BCUT2D eigenvalue weighted by molar-refractivity contribution is 8.00. The predicted octanol–water partition coefficient (Wildman–Crippen LogP) is 4.74. The van der Waals surface area contributed by atoms with Crippen LogP contribution in [0.5, 0.6) is 0 Å². The topological polar surface area (TPSA) is 77.4 Å². The minimum Gasteiger partial charge on any atom is -0.462 e. The van der Waals surface area contributed by atoms with Crippen LogP contribution in [0.3, 0.4) is 0 Å². The second-order valence-electron chi connectivity index (χ2n) is 7.55. The Bertz CT molecular complexity index is 1390. The van der Waals surface area contributed by atoms with Crippen molar-refractivity contribution < 1.29 is 36.3 Å². The summed E-state index contributed by atoms with van der Waals surface area (Å²) in [5.74, 6) is -3.73. The van der Waals surface area contributed by atoms with E-state index in [1.807, 2.05) is 0 Å². The Morgan fingerprint density at radius 1 is 1.17 bits per heavy atom. The maximum absolute atomic E-state index is 15.1. The molecule has 6 nitrogen and oxygen atoms in total. The van der Waals surface area contributed by atoms with Crippen LogP contribution in [-0.4, -0.2) is 35.9 Å². The smallest absolute Gasteiger partial charge is 0.462 e. The van der Waals surface area contributed by atoms with Crippen molar-refractivity contribution >= 4 is 34.5 Å². The number of alkyl halides is 4. The van der Waals surface area contributed by atoms with E-state index < -0.39 is 41.3 Å². The van der Waals surface area contributed by atoms with Crippen molar-refractivity contribution in [2.24, 2.45) is 0 Å². The third-order valence-electron chi connectivity index (χ3n) is 5.37. The maximum atomic E-state index is 15.1. The quantitative estimate of drug-likeness (QED) is 0.382. The average molecular weight is 512 g/mol. The number of pyridine rings is 1. The number of benzene rings is 2. The molecule has 1 N–H and O–H groups in total. The van der Waals surface area contributed by atoms with Gasteiger partial charge in [0.1, 0.15) is 23.4 Å². The molecule has 1 aromatic heterocycles. The van der Waals surface area contributed by atoms with Crippen molar-refractivity contribution in [3.63, 3.8) is 0 Å². The van der Waals surface area contributed by atoms with Crippen LogP contribution in [0.25, 0.3) is 22.0 Å². The number of esters is 1. The van der Waals surface area contributed by atoms with Crippen LogP contribution < -0.4 is 10.7 Å². The van der Waals surface area contributed by atoms with Gasteiger partial charge in [-0.1, -0.05) is 36.0 Å². The van der Waals surface area contributed by atoms with Gasteiger partial charge in [0.05, 0.1) is 17.1 Å². The third-order valence-corrected chi connectivity index (χ3v) is 6.60. The molecule has 35 heavy (non-hydrogen) atoms. The normalized spacial score (nSPS) is 14.9. The van der Waals surface area contributed by atoms with Crippen molar-refractivity contribution in [2.45, 2.75) is 30.0 Å². The summed E-state index contributed by atoms with van der Waals surface area (Å²) in [4.78, 5) is 36.3. The number of nitrogens with zero attached hydrogens (tertiary/aromatic N) is 1. The molecule has 0 radical (unpaired) electrons. The monoisotopic (exact) mass is 512 g/mol. The molecule has 2 aromatic carbocycles. The molecule has 1 aliphatic heterocycles. The molecular formula is C23H17F5N2O4S.